The first kappa shape index (κ1) is 14.3. The van der Waals surface area contributed by atoms with E-state index in [-0.39, 0.29) is 5.82 Å². The van der Waals surface area contributed by atoms with Gasteiger partial charge >= 0.3 is 0 Å². The first-order valence-corrected chi connectivity index (χ1v) is 6.55. The number of hydrogen-bond acceptors (Lipinski definition) is 3. The highest BCUT2D eigenvalue weighted by molar-refractivity contribution is 5.98. The van der Waals surface area contributed by atoms with Gasteiger partial charge in [-0.3, -0.25) is 0 Å². The molecule has 0 spiro atoms. The van der Waals surface area contributed by atoms with Gasteiger partial charge in [-0.2, -0.15) is 0 Å². The summed E-state index contributed by atoms with van der Waals surface area (Å²) >= 11 is 0. The summed E-state index contributed by atoms with van der Waals surface area (Å²) < 4.78 is 29.4. The Hall–Kier alpha value is -0.753. The zero-order chi connectivity index (χ0) is 12.7. The Balaban J connectivity index is 2.80. The fourth-order valence-corrected chi connectivity index (χ4v) is 2.01. The van der Waals surface area contributed by atoms with E-state index in [2.05, 4.69) is 0 Å². The maximum absolute atomic E-state index is 12.8. The molecular weight excluding hydrogens is 239 g/mol. The lowest BCUT2D eigenvalue weighted by atomic mass is 10.1. The van der Waals surface area contributed by atoms with Crippen molar-refractivity contribution in [3.63, 3.8) is 0 Å². The Kier molecular flexibility index (Phi) is 5.77. The van der Waals surface area contributed by atoms with Gasteiger partial charge in [-0.15, -0.1) is 0 Å². The van der Waals surface area contributed by atoms with Crippen molar-refractivity contribution >= 4 is 10.5 Å². The van der Waals surface area contributed by atoms with Crippen LogP contribution in [-0.4, -0.2) is 29.7 Å². The smallest absolute Gasteiger partial charge is 0.276 e. The molecule has 0 saturated carbocycles. The molecule has 0 aliphatic rings. The predicted octanol–water partition coefficient (Wildman–Crippen LogP) is 1.39. The van der Waals surface area contributed by atoms with E-state index in [1.807, 2.05) is 13.8 Å². The van der Waals surface area contributed by atoms with E-state index in [0.717, 1.165) is 5.56 Å². The van der Waals surface area contributed by atoms with Crippen LogP contribution in [0.4, 0.5) is 4.39 Å². The number of rotatable bonds is 7. The van der Waals surface area contributed by atoms with Crippen molar-refractivity contribution in [1.82, 2.24) is 0 Å². The minimum absolute atomic E-state index is 0.251. The maximum Gasteiger partial charge on any atom is 0.276 e. The van der Waals surface area contributed by atoms with E-state index in [1.165, 1.54) is 12.1 Å². The van der Waals surface area contributed by atoms with Gasteiger partial charge in [-0.1, -0.05) is 12.1 Å². The van der Waals surface area contributed by atoms with Crippen molar-refractivity contribution in [2.75, 3.05) is 13.2 Å². The summed E-state index contributed by atoms with van der Waals surface area (Å²) in [6.07, 6.45) is 0.457. The van der Waals surface area contributed by atoms with Crippen molar-refractivity contribution in [3.8, 4) is 0 Å². The molecule has 0 amide bonds. The number of benzene rings is 1. The van der Waals surface area contributed by atoms with Crippen LogP contribution >= 0.6 is 0 Å². The molecule has 17 heavy (non-hydrogen) atoms. The standard InChI is InChI=1S/C12H19FO3Si/c1-3-14-12(16-17,15-4-2)9-10-5-7-11(13)8-6-10/h5-8H,3-4,9H2,1-2,17H3. The van der Waals surface area contributed by atoms with Crippen molar-refractivity contribution in [3.05, 3.63) is 35.6 Å². The van der Waals surface area contributed by atoms with Gasteiger partial charge in [0.25, 0.3) is 5.97 Å². The molecule has 0 saturated heterocycles. The molecular formula is C12H19FO3Si. The molecule has 0 atom stereocenters. The minimum atomic E-state index is -1.02. The highest BCUT2D eigenvalue weighted by Gasteiger charge is 2.31. The van der Waals surface area contributed by atoms with Gasteiger partial charge in [0.2, 0.25) is 0 Å². The lowest BCUT2D eigenvalue weighted by Gasteiger charge is -2.32. The Bertz CT molecular complexity index is 323. The highest BCUT2D eigenvalue weighted by Crippen LogP contribution is 2.21. The zero-order valence-corrected chi connectivity index (χ0v) is 12.5. The summed E-state index contributed by atoms with van der Waals surface area (Å²) in [4.78, 5) is 0. The molecule has 0 heterocycles. The van der Waals surface area contributed by atoms with Crippen LogP contribution in [0.2, 0.25) is 0 Å². The van der Waals surface area contributed by atoms with Crippen molar-refractivity contribution in [2.24, 2.45) is 0 Å². The number of halogens is 1. The molecule has 0 aliphatic heterocycles. The molecule has 96 valence electrons. The van der Waals surface area contributed by atoms with Gasteiger partial charge in [0.15, 0.2) is 10.5 Å². The van der Waals surface area contributed by atoms with Crippen LogP contribution in [0, 0.1) is 5.82 Å². The van der Waals surface area contributed by atoms with Crippen LogP contribution in [0.5, 0.6) is 0 Å². The van der Waals surface area contributed by atoms with Gasteiger partial charge in [0.1, 0.15) is 5.82 Å². The molecule has 0 bridgehead atoms. The quantitative estimate of drug-likeness (QED) is 0.546. The van der Waals surface area contributed by atoms with E-state index >= 15 is 0 Å². The van der Waals surface area contributed by atoms with Crippen LogP contribution < -0.4 is 0 Å². The Labute approximate surface area is 104 Å². The monoisotopic (exact) mass is 258 g/mol. The number of hydrogen-bond donors (Lipinski definition) is 0. The fourth-order valence-electron chi connectivity index (χ4n) is 1.63. The summed E-state index contributed by atoms with van der Waals surface area (Å²) in [6, 6.07) is 6.27. The molecule has 0 fully saturated rings. The predicted molar refractivity (Wildman–Crippen MR) is 67.1 cm³/mol. The summed E-state index contributed by atoms with van der Waals surface area (Å²) in [5.74, 6) is -1.27. The van der Waals surface area contributed by atoms with E-state index in [1.54, 1.807) is 12.1 Å². The second-order valence-corrected chi connectivity index (χ2v) is 3.96. The van der Waals surface area contributed by atoms with Gasteiger partial charge in [-0.05, 0) is 31.5 Å². The van der Waals surface area contributed by atoms with Gasteiger partial charge in [0, 0.05) is 13.2 Å². The zero-order valence-electron chi connectivity index (χ0n) is 10.5. The molecule has 0 aliphatic carbocycles. The molecule has 1 aromatic rings. The highest BCUT2D eigenvalue weighted by atomic mass is 28.2. The first-order chi connectivity index (χ1) is 8.15. The number of ether oxygens (including phenoxy) is 2. The average Bonchev–Trinajstić information content (AvgIpc) is 2.33. The minimum Gasteiger partial charge on any atom is -0.380 e. The third-order valence-corrected chi connectivity index (χ3v) is 3.00. The Morgan fingerprint density at radius 3 is 2.06 bits per heavy atom. The van der Waals surface area contributed by atoms with Crippen LogP contribution in [0.3, 0.4) is 0 Å². The molecule has 3 nitrogen and oxygen atoms in total. The lowest BCUT2D eigenvalue weighted by Crippen LogP contribution is -2.41. The van der Waals surface area contributed by atoms with Crippen LogP contribution in [0.1, 0.15) is 19.4 Å². The van der Waals surface area contributed by atoms with Crippen LogP contribution in [-0.2, 0) is 20.3 Å². The summed E-state index contributed by atoms with van der Waals surface area (Å²) in [5, 5.41) is 0. The van der Waals surface area contributed by atoms with E-state index in [0.29, 0.717) is 30.1 Å². The van der Waals surface area contributed by atoms with Crippen molar-refractivity contribution < 1.29 is 18.3 Å². The lowest BCUT2D eigenvalue weighted by molar-refractivity contribution is -0.339. The van der Waals surface area contributed by atoms with Crippen molar-refractivity contribution in [1.29, 1.82) is 0 Å². The average molecular weight is 258 g/mol. The second kappa shape index (κ2) is 6.86. The summed E-state index contributed by atoms with van der Waals surface area (Å²) in [5.41, 5.74) is 0.921. The topological polar surface area (TPSA) is 27.7 Å². The van der Waals surface area contributed by atoms with Gasteiger partial charge < -0.3 is 13.9 Å². The fraction of sp³-hybridized carbons (Fsp3) is 0.500. The molecule has 0 unspecified atom stereocenters. The Morgan fingerprint density at radius 2 is 1.65 bits per heavy atom. The first-order valence-electron chi connectivity index (χ1n) is 5.73. The maximum atomic E-state index is 12.8. The van der Waals surface area contributed by atoms with Crippen molar-refractivity contribution in [2.45, 2.75) is 26.2 Å². The van der Waals surface area contributed by atoms with E-state index in [4.69, 9.17) is 13.9 Å². The molecule has 5 heteroatoms. The van der Waals surface area contributed by atoms with E-state index in [9.17, 15) is 4.39 Å². The van der Waals surface area contributed by atoms with Gasteiger partial charge in [0.05, 0.1) is 6.42 Å². The molecule has 1 rings (SSSR count). The largest absolute Gasteiger partial charge is 0.380 e. The summed E-state index contributed by atoms with van der Waals surface area (Å²) in [7, 11) is 0.510. The molecule has 0 N–H and O–H groups in total. The third kappa shape index (κ3) is 4.20. The molecule has 0 radical (unpaired) electrons. The molecule has 0 aromatic heterocycles. The molecule has 1 aromatic carbocycles. The SMILES string of the molecule is CCOC(Cc1ccc(F)cc1)(O[SiH3])OCC. The van der Waals surface area contributed by atoms with Crippen LogP contribution in [0.25, 0.3) is 0 Å². The normalized spacial score (nSPS) is 11.9. The Morgan fingerprint density at radius 1 is 1.12 bits per heavy atom. The van der Waals surface area contributed by atoms with Crippen LogP contribution in [0.15, 0.2) is 24.3 Å². The second-order valence-electron chi connectivity index (χ2n) is 3.56. The van der Waals surface area contributed by atoms with Gasteiger partial charge in [-0.25, -0.2) is 4.39 Å². The van der Waals surface area contributed by atoms with E-state index < -0.39 is 5.97 Å². The summed E-state index contributed by atoms with van der Waals surface area (Å²) in [6.45, 7) is 4.78. The third-order valence-electron chi connectivity index (χ3n) is 2.37.